The van der Waals surface area contributed by atoms with Crippen LogP contribution in [0, 0.1) is 5.41 Å². The van der Waals surface area contributed by atoms with Gasteiger partial charge in [0.25, 0.3) is 0 Å². The molecule has 1 aliphatic rings. The van der Waals surface area contributed by atoms with Crippen molar-refractivity contribution in [1.29, 1.82) is 0 Å². The summed E-state index contributed by atoms with van der Waals surface area (Å²) >= 11 is 0. The van der Waals surface area contributed by atoms with Gasteiger partial charge in [-0.2, -0.15) is 0 Å². The molecule has 0 unspecified atom stereocenters. The Morgan fingerprint density at radius 3 is 2.45 bits per heavy atom. The van der Waals surface area contributed by atoms with E-state index in [1.54, 1.807) is 14.1 Å². The number of rotatable bonds is 5. The van der Waals surface area contributed by atoms with Gasteiger partial charge in [-0.15, -0.1) is 0 Å². The van der Waals surface area contributed by atoms with Gasteiger partial charge in [0.2, 0.25) is 11.8 Å². The van der Waals surface area contributed by atoms with Crippen molar-refractivity contribution in [3.8, 4) is 0 Å². The zero-order valence-electron chi connectivity index (χ0n) is 12.2. The lowest BCUT2D eigenvalue weighted by atomic mass is 9.72. The van der Waals surface area contributed by atoms with Crippen molar-refractivity contribution in [2.24, 2.45) is 16.3 Å². The van der Waals surface area contributed by atoms with E-state index in [1.807, 2.05) is 0 Å². The van der Waals surface area contributed by atoms with Crippen LogP contribution in [0.5, 0.6) is 0 Å². The minimum absolute atomic E-state index is 0.0195. The molecule has 1 rings (SSSR count). The van der Waals surface area contributed by atoms with E-state index in [4.69, 9.17) is 10.9 Å². The van der Waals surface area contributed by atoms with Crippen LogP contribution in [0.4, 0.5) is 0 Å². The molecule has 0 aliphatic heterocycles. The highest BCUT2D eigenvalue weighted by atomic mass is 16.4. The fourth-order valence-electron chi connectivity index (χ4n) is 2.69. The van der Waals surface area contributed by atoms with Crippen LogP contribution >= 0.6 is 0 Å². The highest BCUT2D eigenvalue weighted by Crippen LogP contribution is 2.38. The number of carbonyl (C=O) groups is 2. The van der Waals surface area contributed by atoms with Crippen LogP contribution in [-0.2, 0) is 9.59 Å². The summed E-state index contributed by atoms with van der Waals surface area (Å²) in [6, 6.07) is 0. The van der Waals surface area contributed by atoms with Crippen molar-refractivity contribution < 1.29 is 14.8 Å². The number of hydrogen-bond acceptors (Lipinski definition) is 4. The van der Waals surface area contributed by atoms with E-state index in [2.05, 4.69) is 10.5 Å². The zero-order valence-corrected chi connectivity index (χ0v) is 12.2. The van der Waals surface area contributed by atoms with Gasteiger partial charge in [-0.1, -0.05) is 24.4 Å². The predicted octanol–water partition coefficient (Wildman–Crippen LogP) is 0.278. The Kier molecular flexibility index (Phi) is 5.79. The van der Waals surface area contributed by atoms with Crippen molar-refractivity contribution in [2.75, 3.05) is 20.6 Å². The molecule has 1 aliphatic carbocycles. The first-order chi connectivity index (χ1) is 9.47. The Hall–Kier alpha value is -1.79. The largest absolute Gasteiger partial charge is 0.409 e. The molecule has 0 aromatic heterocycles. The van der Waals surface area contributed by atoms with Gasteiger partial charge in [0, 0.05) is 27.1 Å². The van der Waals surface area contributed by atoms with E-state index >= 15 is 0 Å². The van der Waals surface area contributed by atoms with Gasteiger partial charge in [0.05, 0.1) is 0 Å². The van der Waals surface area contributed by atoms with E-state index in [9.17, 15) is 9.59 Å². The lowest BCUT2D eigenvalue weighted by Crippen LogP contribution is -2.51. The number of carbonyl (C=O) groups excluding carboxylic acids is 2. The topological polar surface area (TPSA) is 108 Å². The number of oxime groups is 1. The Morgan fingerprint density at radius 1 is 1.35 bits per heavy atom. The maximum Gasteiger partial charge on any atom is 0.236 e. The standard InChI is InChI=1S/C13H24N4O3/c1-15-10(18)6-9-17(2)12(19)13(11(14)16-20)7-4-3-5-8-13/h20H,3-9H2,1-2H3,(H2,14,16)(H,15,18). The van der Waals surface area contributed by atoms with Gasteiger partial charge in [-0.05, 0) is 12.8 Å². The first-order valence-corrected chi connectivity index (χ1v) is 6.92. The molecule has 0 radical (unpaired) electrons. The van der Waals surface area contributed by atoms with Gasteiger partial charge in [0.1, 0.15) is 5.41 Å². The molecule has 114 valence electrons. The molecule has 7 nitrogen and oxygen atoms in total. The third-order valence-corrected chi connectivity index (χ3v) is 4.01. The summed E-state index contributed by atoms with van der Waals surface area (Å²) in [5, 5.41) is 14.6. The number of amides is 2. The zero-order chi connectivity index (χ0) is 15.2. The molecule has 0 saturated heterocycles. The maximum absolute atomic E-state index is 12.6. The number of nitrogens with two attached hydrogens (primary N) is 1. The third-order valence-electron chi connectivity index (χ3n) is 4.01. The van der Waals surface area contributed by atoms with E-state index in [1.165, 1.54) is 4.90 Å². The minimum Gasteiger partial charge on any atom is -0.409 e. The Morgan fingerprint density at radius 2 is 1.95 bits per heavy atom. The van der Waals surface area contributed by atoms with Crippen molar-refractivity contribution in [3.63, 3.8) is 0 Å². The van der Waals surface area contributed by atoms with Crippen LogP contribution in [0.15, 0.2) is 5.16 Å². The third kappa shape index (κ3) is 3.40. The van der Waals surface area contributed by atoms with Gasteiger partial charge < -0.3 is 21.2 Å². The fraction of sp³-hybridized carbons (Fsp3) is 0.769. The van der Waals surface area contributed by atoms with Crippen molar-refractivity contribution >= 4 is 17.6 Å². The maximum atomic E-state index is 12.6. The van der Waals surface area contributed by atoms with Crippen molar-refractivity contribution in [1.82, 2.24) is 10.2 Å². The monoisotopic (exact) mass is 284 g/mol. The second kappa shape index (κ2) is 7.12. The van der Waals surface area contributed by atoms with Crippen LogP contribution < -0.4 is 11.1 Å². The summed E-state index contributed by atoms with van der Waals surface area (Å²) in [6.45, 7) is 0.318. The summed E-state index contributed by atoms with van der Waals surface area (Å²) in [4.78, 5) is 25.4. The molecule has 0 atom stereocenters. The van der Waals surface area contributed by atoms with Crippen LogP contribution in [0.1, 0.15) is 38.5 Å². The Bertz CT molecular complexity index is 389. The molecule has 7 heteroatoms. The van der Waals surface area contributed by atoms with Gasteiger partial charge in [-0.3, -0.25) is 9.59 Å². The first kappa shape index (κ1) is 16.3. The molecule has 4 N–H and O–H groups in total. The molecule has 0 heterocycles. The number of hydrogen-bond donors (Lipinski definition) is 3. The Balaban J connectivity index is 2.80. The predicted molar refractivity (Wildman–Crippen MR) is 75.2 cm³/mol. The molecule has 0 spiro atoms. The number of nitrogens with one attached hydrogen (secondary N) is 1. The lowest BCUT2D eigenvalue weighted by Gasteiger charge is -2.37. The number of nitrogens with zero attached hydrogens (tertiary/aromatic N) is 2. The summed E-state index contributed by atoms with van der Waals surface area (Å²) < 4.78 is 0. The second-order valence-electron chi connectivity index (χ2n) is 5.28. The van der Waals surface area contributed by atoms with Crippen LogP contribution in [0.25, 0.3) is 0 Å². The molecule has 1 saturated carbocycles. The van der Waals surface area contributed by atoms with Crippen molar-refractivity contribution in [2.45, 2.75) is 38.5 Å². The van der Waals surface area contributed by atoms with Crippen molar-refractivity contribution in [3.05, 3.63) is 0 Å². The molecule has 0 aromatic rings. The fourth-order valence-corrected chi connectivity index (χ4v) is 2.69. The van der Waals surface area contributed by atoms with E-state index in [0.29, 0.717) is 19.4 Å². The SMILES string of the molecule is CNC(=O)CCN(C)C(=O)C1(C(N)=NO)CCCCC1. The summed E-state index contributed by atoms with van der Waals surface area (Å²) in [5.41, 5.74) is 4.86. The van der Waals surface area contributed by atoms with Gasteiger partial charge >= 0.3 is 0 Å². The summed E-state index contributed by atoms with van der Waals surface area (Å²) in [5.74, 6) is -0.309. The molecular formula is C13H24N4O3. The van der Waals surface area contributed by atoms with Gasteiger partial charge in [0.15, 0.2) is 5.84 Å². The van der Waals surface area contributed by atoms with Crippen LogP contribution in [0.2, 0.25) is 0 Å². The summed E-state index contributed by atoms with van der Waals surface area (Å²) in [7, 11) is 3.20. The summed E-state index contributed by atoms with van der Waals surface area (Å²) in [6.07, 6.45) is 4.23. The van der Waals surface area contributed by atoms with Crippen LogP contribution in [0.3, 0.4) is 0 Å². The quantitative estimate of drug-likeness (QED) is 0.291. The molecule has 0 aromatic carbocycles. The molecule has 0 bridgehead atoms. The molecule has 2 amide bonds. The smallest absolute Gasteiger partial charge is 0.236 e. The normalized spacial score (nSPS) is 18.4. The lowest BCUT2D eigenvalue weighted by molar-refractivity contribution is -0.139. The minimum atomic E-state index is -0.912. The Labute approximate surface area is 119 Å². The molecule has 1 fully saturated rings. The molecule has 20 heavy (non-hydrogen) atoms. The average molecular weight is 284 g/mol. The number of amidine groups is 1. The highest BCUT2D eigenvalue weighted by Gasteiger charge is 2.45. The van der Waals surface area contributed by atoms with E-state index < -0.39 is 5.41 Å². The molecular weight excluding hydrogens is 260 g/mol. The second-order valence-corrected chi connectivity index (χ2v) is 5.28. The van der Waals surface area contributed by atoms with E-state index in [-0.39, 0.29) is 24.1 Å². The van der Waals surface area contributed by atoms with E-state index in [0.717, 1.165) is 19.3 Å². The first-order valence-electron chi connectivity index (χ1n) is 6.92. The van der Waals surface area contributed by atoms with Crippen LogP contribution in [-0.4, -0.2) is 48.4 Å². The highest BCUT2D eigenvalue weighted by molar-refractivity contribution is 6.06. The van der Waals surface area contributed by atoms with Gasteiger partial charge in [-0.25, -0.2) is 0 Å². The average Bonchev–Trinajstić information content (AvgIpc) is 2.51.